The third-order valence-electron chi connectivity index (χ3n) is 0.717. The maximum atomic E-state index is 10.4. The molecule has 0 amide bonds. The monoisotopic (exact) mass is 284 g/mol. The van der Waals surface area contributed by atoms with E-state index in [0.29, 0.717) is 0 Å². The predicted octanol–water partition coefficient (Wildman–Crippen LogP) is 1.81. The summed E-state index contributed by atoms with van der Waals surface area (Å²) in [7, 11) is 0. The minimum atomic E-state index is -0.0604. The Balaban J connectivity index is -0.0000000498. The van der Waals surface area contributed by atoms with Gasteiger partial charge >= 0.3 is 33.9 Å². The van der Waals surface area contributed by atoms with Crippen LogP contribution in [0, 0.1) is 20.0 Å². The molecule has 0 aromatic rings. The average Bonchev–Trinajstić information content (AvgIpc) is 2.36. The molecule has 4 nitrogen and oxygen atoms in total. The van der Waals surface area contributed by atoms with Crippen molar-refractivity contribution in [3.63, 3.8) is 0 Å². The number of rotatable bonds is 3. The van der Waals surface area contributed by atoms with Gasteiger partial charge in [-0.1, -0.05) is 18.2 Å². The molecule has 0 N–H and O–H groups in total. The fraction of sp³-hybridized carbons (Fsp3) is 0.200. The second-order valence-corrected chi connectivity index (χ2v) is 1.75. The molecule has 0 aromatic heterocycles. The number of carbonyl (C=O) groups is 1. The topological polar surface area (TPSA) is 76.8 Å². The molecule has 0 bridgehead atoms. The Morgan fingerprint density at radius 2 is 1.50 bits per heavy atom. The van der Waals surface area contributed by atoms with Gasteiger partial charge < -0.3 is 0 Å². The summed E-state index contributed by atoms with van der Waals surface area (Å²) >= 11 is 5.21. The van der Waals surface area contributed by atoms with E-state index in [1.807, 2.05) is 13.0 Å². The summed E-state index contributed by atoms with van der Waals surface area (Å²) in [6.45, 7) is 15.4. The molecule has 0 aliphatic rings. The molecule has 88 valence electrons. The van der Waals surface area contributed by atoms with Gasteiger partial charge in [0.05, 0.1) is 5.88 Å². The van der Waals surface area contributed by atoms with Crippen molar-refractivity contribution < 1.29 is 35.8 Å². The van der Waals surface area contributed by atoms with Crippen LogP contribution in [0.2, 0.25) is 0 Å². The minimum Gasteiger partial charge on any atom is 0 e. The van der Waals surface area contributed by atoms with Gasteiger partial charge in [-0.2, -0.15) is 0 Å². The molecule has 6 heteroatoms. The van der Waals surface area contributed by atoms with Crippen molar-refractivity contribution in [2.45, 2.75) is 6.92 Å². The smallest absolute Gasteiger partial charge is 0 e. The fourth-order valence-electron chi connectivity index (χ4n) is 0.319. The molecule has 0 rings (SSSR count). The van der Waals surface area contributed by atoms with Crippen molar-refractivity contribution in [1.82, 2.24) is 0 Å². The Hall–Kier alpha value is -0.821. The summed E-state index contributed by atoms with van der Waals surface area (Å²) in [5.74, 6) is 0.00314. The van der Waals surface area contributed by atoms with Gasteiger partial charge in [0.1, 0.15) is 0 Å². The van der Waals surface area contributed by atoms with Crippen molar-refractivity contribution in [3.05, 3.63) is 44.3 Å². The first-order valence-corrected chi connectivity index (χ1v) is 3.84. The van der Waals surface area contributed by atoms with Crippen LogP contribution in [0.3, 0.4) is 0 Å². The molecule has 16 heavy (non-hydrogen) atoms. The first kappa shape index (κ1) is 29.5. The summed E-state index contributed by atoms with van der Waals surface area (Å²) in [6.07, 6.45) is 6.75. The third-order valence-corrected chi connectivity index (χ3v) is 0.981. The largest absolute Gasteiger partial charge is 0 e. The zero-order valence-electron chi connectivity index (χ0n) is 8.38. The van der Waals surface area contributed by atoms with Crippen molar-refractivity contribution in [2.75, 3.05) is 5.88 Å². The molecule has 0 heterocycles. The molecule has 0 radical (unpaired) electrons. The molecule has 0 saturated heterocycles. The van der Waals surface area contributed by atoms with Gasteiger partial charge in [-0.05, 0) is 13.0 Å². The van der Waals surface area contributed by atoms with Crippen LogP contribution >= 0.6 is 11.6 Å². The quantitative estimate of drug-likeness (QED) is 0.194. The van der Waals surface area contributed by atoms with E-state index in [1.54, 1.807) is 12.2 Å². The number of hydrogen-bond donors (Lipinski definition) is 0. The van der Waals surface area contributed by atoms with E-state index in [9.17, 15) is 4.79 Å². The van der Waals surface area contributed by atoms with Gasteiger partial charge in [0.25, 0.3) is 0 Å². The van der Waals surface area contributed by atoms with Crippen LogP contribution < -0.4 is 0 Å². The molecule has 0 aliphatic carbocycles. The van der Waals surface area contributed by atoms with Crippen LogP contribution in [0.5, 0.6) is 0 Å². The van der Waals surface area contributed by atoms with Gasteiger partial charge in [0.15, 0.2) is 5.78 Å². The maximum absolute atomic E-state index is 10.4. The van der Waals surface area contributed by atoms with E-state index in [1.165, 1.54) is 6.08 Å². The van der Waals surface area contributed by atoms with E-state index in [0.717, 1.165) is 0 Å². The minimum absolute atomic E-state index is 0. The summed E-state index contributed by atoms with van der Waals surface area (Å²) in [6, 6.07) is 0. The predicted molar refractivity (Wildman–Crippen MR) is 51.5 cm³/mol. The zero-order chi connectivity index (χ0) is 13.1. The SMILES string of the molecule is C/C=C/C=C/C(=O)CCl.[C-]#[O+].[C-]#[O+].[C-]#[O+].[Fe]. The van der Waals surface area contributed by atoms with Crippen LogP contribution in [0.4, 0.5) is 0 Å². The van der Waals surface area contributed by atoms with Crippen molar-refractivity contribution in [2.24, 2.45) is 0 Å². The Labute approximate surface area is 110 Å². The van der Waals surface area contributed by atoms with Gasteiger partial charge in [-0.15, -0.1) is 11.6 Å². The van der Waals surface area contributed by atoms with Crippen LogP contribution in [0.15, 0.2) is 24.3 Å². The molecular formula is C10H9ClFeO4. The van der Waals surface area contributed by atoms with Crippen LogP contribution in [0.25, 0.3) is 0 Å². The van der Waals surface area contributed by atoms with Crippen molar-refractivity contribution in [1.29, 1.82) is 0 Å². The molecule has 0 aliphatic heterocycles. The number of hydrogen-bond acceptors (Lipinski definition) is 1. The standard InChI is InChI=1S/C7H9ClO.3CO.Fe/c1-2-3-4-5-7(9)6-8;3*1-2;/h2-5H,6H2,1H3;;;;/b3-2+,5-4+;;;;. The van der Waals surface area contributed by atoms with E-state index >= 15 is 0 Å². The van der Waals surface area contributed by atoms with Gasteiger partial charge in [-0.25, -0.2) is 0 Å². The molecule has 0 unspecified atom stereocenters. The molecule has 0 fully saturated rings. The molecule has 0 atom stereocenters. The first-order chi connectivity index (χ1) is 7.31. The molecular weight excluding hydrogens is 275 g/mol. The summed E-state index contributed by atoms with van der Waals surface area (Å²) < 4.78 is 22.5. The number of carbonyl (C=O) groups excluding carboxylic acids is 1. The van der Waals surface area contributed by atoms with E-state index < -0.39 is 0 Å². The molecule has 0 spiro atoms. The third kappa shape index (κ3) is 51.2. The zero-order valence-corrected chi connectivity index (χ0v) is 10.2. The molecule has 0 aromatic carbocycles. The number of ketones is 1. The second kappa shape index (κ2) is 47.8. The van der Waals surface area contributed by atoms with E-state index in [4.69, 9.17) is 25.6 Å². The summed E-state index contributed by atoms with van der Waals surface area (Å²) in [4.78, 5) is 10.4. The number of alkyl halides is 1. The van der Waals surface area contributed by atoms with Crippen LogP contribution in [0.1, 0.15) is 6.92 Å². The van der Waals surface area contributed by atoms with E-state index in [-0.39, 0.29) is 28.7 Å². The van der Waals surface area contributed by atoms with Crippen molar-refractivity contribution >= 4 is 17.4 Å². The van der Waals surface area contributed by atoms with Crippen LogP contribution in [-0.4, -0.2) is 11.7 Å². The second-order valence-electron chi connectivity index (χ2n) is 1.48. The normalized spacial score (nSPS) is 6.75. The maximum Gasteiger partial charge on any atom is 0 e. The number of halogens is 1. The van der Waals surface area contributed by atoms with Gasteiger partial charge in [0, 0.05) is 17.1 Å². The fourth-order valence-corrected chi connectivity index (χ4v) is 0.408. The summed E-state index contributed by atoms with van der Waals surface area (Å²) in [5.41, 5.74) is 0. The first-order valence-electron chi connectivity index (χ1n) is 3.30. The Kier molecular flexibility index (Phi) is 88.0. The Morgan fingerprint density at radius 3 is 1.75 bits per heavy atom. The van der Waals surface area contributed by atoms with Crippen LogP contribution in [-0.2, 0) is 35.8 Å². The van der Waals surface area contributed by atoms with E-state index in [2.05, 4.69) is 20.0 Å². The number of allylic oxidation sites excluding steroid dienone is 4. The van der Waals surface area contributed by atoms with Crippen molar-refractivity contribution in [3.8, 4) is 0 Å². The van der Waals surface area contributed by atoms with Gasteiger partial charge in [0.2, 0.25) is 0 Å². The van der Waals surface area contributed by atoms with Gasteiger partial charge in [-0.3, -0.25) is 4.79 Å². The summed E-state index contributed by atoms with van der Waals surface area (Å²) in [5, 5.41) is 0. The molecule has 0 saturated carbocycles. The Bertz CT molecular complexity index is 227. The average molecular weight is 284 g/mol. The Morgan fingerprint density at radius 1 is 1.12 bits per heavy atom.